The summed E-state index contributed by atoms with van der Waals surface area (Å²) in [5.74, 6) is 0.978. The van der Waals surface area contributed by atoms with Gasteiger partial charge in [0.15, 0.2) is 11.5 Å². The lowest BCUT2D eigenvalue weighted by molar-refractivity contribution is -0.137. The first-order chi connectivity index (χ1) is 13.2. The van der Waals surface area contributed by atoms with Crippen LogP contribution in [0.4, 0.5) is 0 Å². The van der Waals surface area contributed by atoms with Gasteiger partial charge in [-0.1, -0.05) is 23.4 Å². The van der Waals surface area contributed by atoms with Gasteiger partial charge in [-0.3, -0.25) is 4.79 Å². The molecule has 0 saturated carbocycles. The first-order valence-corrected chi connectivity index (χ1v) is 8.23. The number of para-hydroxylation sites is 1. The molecule has 27 heavy (non-hydrogen) atoms. The normalized spacial score (nSPS) is 12.6. The van der Waals surface area contributed by atoms with E-state index in [2.05, 4.69) is 10.1 Å². The molecule has 1 aliphatic heterocycles. The van der Waals surface area contributed by atoms with Gasteiger partial charge >= 0.3 is 5.97 Å². The molecule has 8 heteroatoms. The molecule has 4 aromatic rings. The third kappa shape index (κ3) is 2.58. The molecule has 0 amide bonds. The maximum atomic E-state index is 11.3. The zero-order chi connectivity index (χ0) is 18.4. The Morgan fingerprint density at radius 1 is 1.11 bits per heavy atom. The van der Waals surface area contributed by atoms with Crippen molar-refractivity contribution in [1.82, 2.24) is 14.7 Å². The van der Waals surface area contributed by atoms with E-state index in [4.69, 9.17) is 14.0 Å². The number of ether oxygens (including phenoxy) is 2. The molecule has 1 aliphatic rings. The fraction of sp³-hybridized carbons (Fsp3) is 0.105. The van der Waals surface area contributed by atoms with Gasteiger partial charge in [-0.25, -0.2) is 0 Å². The number of fused-ring (bicyclic) bond motifs is 2. The molecule has 0 radical (unpaired) electrons. The second-order valence-corrected chi connectivity index (χ2v) is 6.06. The topological polar surface area (TPSA) is 99.6 Å². The number of aliphatic carboxylic acids is 1. The van der Waals surface area contributed by atoms with Gasteiger partial charge in [0.25, 0.3) is 5.89 Å². The van der Waals surface area contributed by atoms with E-state index >= 15 is 0 Å². The molecular formula is C19H13N3O5. The maximum absolute atomic E-state index is 11.3. The van der Waals surface area contributed by atoms with Crippen LogP contribution in [-0.4, -0.2) is 32.6 Å². The molecule has 1 N–H and O–H groups in total. The Bertz CT molecular complexity index is 1180. The molecule has 0 atom stereocenters. The lowest BCUT2D eigenvalue weighted by Gasteiger charge is -2.04. The van der Waals surface area contributed by atoms with Crippen LogP contribution in [0.25, 0.3) is 33.9 Å². The van der Waals surface area contributed by atoms with Crippen molar-refractivity contribution in [2.24, 2.45) is 0 Å². The number of hydrogen-bond donors (Lipinski definition) is 1. The molecule has 0 aliphatic carbocycles. The summed E-state index contributed by atoms with van der Waals surface area (Å²) in [6.45, 7) is -0.0177. The monoisotopic (exact) mass is 363 g/mol. The van der Waals surface area contributed by atoms with Gasteiger partial charge in [-0.15, -0.1) is 0 Å². The highest BCUT2D eigenvalue weighted by molar-refractivity contribution is 5.87. The van der Waals surface area contributed by atoms with Crippen LogP contribution in [0.1, 0.15) is 0 Å². The van der Waals surface area contributed by atoms with Gasteiger partial charge in [-0.2, -0.15) is 4.98 Å². The summed E-state index contributed by atoms with van der Waals surface area (Å²) in [5.41, 5.74) is 2.06. The Morgan fingerprint density at radius 3 is 2.85 bits per heavy atom. The molecule has 134 valence electrons. The van der Waals surface area contributed by atoms with Gasteiger partial charge in [0.1, 0.15) is 12.2 Å². The number of benzene rings is 2. The van der Waals surface area contributed by atoms with Crippen molar-refractivity contribution in [1.29, 1.82) is 0 Å². The van der Waals surface area contributed by atoms with Crippen LogP contribution < -0.4 is 9.47 Å². The van der Waals surface area contributed by atoms with Crippen LogP contribution in [0.3, 0.4) is 0 Å². The molecule has 0 unspecified atom stereocenters. The molecule has 5 rings (SSSR count). The number of carboxylic acid groups (broad SMARTS) is 1. The molecule has 0 spiro atoms. The van der Waals surface area contributed by atoms with Crippen molar-refractivity contribution in [3.8, 4) is 34.5 Å². The highest BCUT2D eigenvalue weighted by Gasteiger charge is 2.20. The summed E-state index contributed by atoms with van der Waals surface area (Å²) in [6.07, 6.45) is 0. The van der Waals surface area contributed by atoms with Crippen LogP contribution in [0.15, 0.2) is 53.1 Å². The summed E-state index contributed by atoms with van der Waals surface area (Å²) in [7, 11) is 0. The standard InChI is InChI=1S/C19H13N3O5/c23-17(24)9-22-13-4-2-1-3-11(13)7-14(22)19-20-18(21-27-19)12-5-6-15-16(8-12)26-10-25-15/h1-8H,9-10H2,(H,23,24). The third-order valence-electron chi connectivity index (χ3n) is 4.38. The SMILES string of the molecule is O=C(O)Cn1c(-c2nc(-c3ccc4c(c3)OCO4)no2)cc2ccccc21. The average Bonchev–Trinajstić information content (AvgIpc) is 3.39. The van der Waals surface area contributed by atoms with E-state index in [1.165, 1.54) is 0 Å². The summed E-state index contributed by atoms with van der Waals surface area (Å²) in [4.78, 5) is 15.8. The zero-order valence-electron chi connectivity index (χ0n) is 14.0. The molecular weight excluding hydrogens is 350 g/mol. The number of nitrogens with zero attached hydrogens (tertiary/aromatic N) is 3. The molecule has 0 fully saturated rings. The van der Waals surface area contributed by atoms with E-state index < -0.39 is 5.97 Å². The van der Waals surface area contributed by atoms with Gasteiger partial charge in [0.2, 0.25) is 12.6 Å². The van der Waals surface area contributed by atoms with Gasteiger partial charge < -0.3 is 23.7 Å². The smallest absolute Gasteiger partial charge is 0.323 e. The van der Waals surface area contributed by atoms with E-state index in [1.54, 1.807) is 16.7 Å². The fourth-order valence-electron chi connectivity index (χ4n) is 3.17. The van der Waals surface area contributed by atoms with E-state index in [1.807, 2.05) is 36.4 Å². The van der Waals surface area contributed by atoms with Gasteiger partial charge in [0, 0.05) is 16.5 Å². The van der Waals surface area contributed by atoms with Crippen molar-refractivity contribution in [2.45, 2.75) is 6.54 Å². The summed E-state index contributed by atoms with van der Waals surface area (Å²) < 4.78 is 17.8. The Morgan fingerprint density at radius 2 is 1.96 bits per heavy atom. The highest BCUT2D eigenvalue weighted by Crippen LogP contribution is 2.36. The first-order valence-electron chi connectivity index (χ1n) is 8.23. The average molecular weight is 363 g/mol. The van der Waals surface area contributed by atoms with Crippen LogP contribution >= 0.6 is 0 Å². The Kier molecular flexibility index (Phi) is 3.36. The van der Waals surface area contributed by atoms with Crippen molar-refractivity contribution in [3.63, 3.8) is 0 Å². The number of carbonyl (C=O) groups is 1. The van der Waals surface area contributed by atoms with E-state index in [-0.39, 0.29) is 19.2 Å². The minimum absolute atomic E-state index is 0.186. The molecule has 3 heterocycles. The third-order valence-corrected chi connectivity index (χ3v) is 4.38. The lowest BCUT2D eigenvalue weighted by atomic mass is 10.2. The maximum Gasteiger partial charge on any atom is 0.323 e. The minimum atomic E-state index is -0.951. The van der Waals surface area contributed by atoms with E-state index in [9.17, 15) is 9.90 Å². The minimum Gasteiger partial charge on any atom is -0.480 e. The lowest BCUT2D eigenvalue weighted by Crippen LogP contribution is -2.09. The van der Waals surface area contributed by atoms with Crippen LogP contribution in [-0.2, 0) is 11.3 Å². The summed E-state index contributed by atoms with van der Waals surface area (Å²) in [5, 5.41) is 14.2. The molecule has 8 nitrogen and oxygen atoms in total. The van der Waals surface area contributed by atoms with Crippen LogP contribution in [0.2, 0.25) is 0 Å². The molecule has 2 aromatic carbocycles. The van der Waals surface area contributed by atoms with Gasteiger partial charge in [-0.05, 0) is 30.3 Å². The highest BCUT2D eigenvalue weighted by atomic mass is 16.7. The Balaban J connectivity index is 1.59. The predicted octanol–water partition coefficient (Wildman–Crippen LogP) is 3.17. The van der Waals surface area contributed by atoms with Crippen LogP contribution in [0, 0.1) is 0 Å². The van der Waals surface area contributed by atoms with E-state index in [0.717, 1.165) is 16.5 Å². The Hall–Kier alpha value is -3.81. The first kappa shape index (κ1) is 15.4. The second-order valence-electron chi connectivity index (χ2n) is 6.06. The molecule has 0 bridgehead atoms. The quantitative estimate of drug-likeness (QED) is 0.594. The summed E-state index contributed by atoms with van der Waals surface area (Å²) >= 11 is 0. The zero-order valence-corrected chi connectivity index (χ0v) is 14.0. The molecule has 0 saturated heterocycles. The second kappa shape index (κ2) is 5.87. The van der Waals surface area contributed by atoms with Gasteiger partial charge in [0.05, 0.1) is 0 Å². The number of rotatable bonds is 4. The van der Waals surface area contributed by atoms with Crippen molar-refractivity contribution in [2.75, 3.05) is 6.79 Å². The fourth-order valence-corrected chi connectivity index (χ4v) is 3.17. The van der Waals surface area contributed by atoms with Crippen LogP contribution in [0.5, 0.6) is 11.5 Å². The van der Waals surface area contributed by atoms with E-state index in [0.29, 0.717) is 23.0 Å². The number of carboxylic acids is 1. The van der Waals surface area contributed by atoms with Crippen molar-refractivity contribution in [3.05, 3.63) is 48.5 Å². The number of hydrogen-bond acceptors (Lipinski definition) is 6. The number of aromatic nitrogens is 3. The molecule has 2 aromatic heterocycles. The predicted molar refractivity (Wildman–Crippen MR) is 94.4 cm³/mol. The Labute approximate surface area is 152 Å². The van der Waals surface area contributed by atoms with Crippen molar-refractivity contribution >= 4 is 16.9 Å². The largest absolute Gasteiger partial charge is 0.480 e. The van der Waals surface area contributed by atoms with Crippen molar-refractivity contribution < 1.29 is 23.9 Å². The summed E-state index contributed by atoms with van der Waals surface area (Å²) in [6, 6.07) is 14.7.